The Bertz CT molecular complexity index is 587. The van der Waals surface area contributed by atoms with Crippen LogP contribution in [0.1, 0.15) is 34.9 Å². The number of rotatable bonds is 1. The van der Waals surface area contributed by atoms with Crippen molar-refractivity contribution in [2.24, 2.45) is 5.16 Å². The fraction of sp³-hybridized carbons (Fsp3) is 0.286. The molecule has 1 atom stereocenters. The van der Waals surface area contributed by atoms with Crippen molar-refractivity contribution in [1.29, 1.82) is 0 Å². The summed E-state index contributed by atoms with van der Waals surface area (Å²) in [5.74, 6) is 1.11. The van der Waals surface area contributed by atoms with E-state index in [4.69, 9.17) is 9.73 Å². The maximum absolute atomic E-state index is 9.16. The van der Waals surface area contributed by atoms with Crippen molar-refractivity contribution in [3.63, 3.8) is 0 Å². The highest BCUT2D eigenvalue weighted by atomic mass is 16.5. The van der Waals surface area contributed by atoms with Crippen molar-refractivity contribution in [2.75, 3.05) is 0 Å². The highest BCUT2D eigenvalue weighted by molar-refractivity contribution is 6.03. The first kappa shape index (κ1) is 11.0. The Hall–Kier alpha value is -2.10. The van der Waals surface area contributed by atoms with E-state index in [2.05, 4.69) is 22.4 Å². The molecule has 0 saturated heterocycles. The first-order valence-corrected chi connectivity index (χ1v) is 6.01. The molecule has 1 unspecified atom stereocenters. The van der Waals surface area contributed by atoms with E-state index in [0.29, 0.717) is 5.71 Å². The van der Waals surface area contributed by atoms with Crippen LogP contribution < -0.4 is 0 Å². The summed E-state index contributed by atoms with van der Waals surface area (Å²) >= 11 is 0. The van der Waals surface area contributed by atoms with Crippen LogP contribution in [-0.2, 0) is 6.42 Å². The summed E-state index contributed by atoms with van der Waals surface area (Å²) in [5.41, 5.74) is 3.58. The second-order valence-corrected chi connectivity index (χ2v) is 4.63. The normalized spacial score (nSPS) is 20.9. The number of nitrogens with zero attached hydrogens (tertiary/aromatic N) is 2. The lowest BCUT2D eigenvalue weighted by Crippen LogP contribution is -2.19. The van der Waals surface area contributed by atoms with Gasteiger partial charge >= 0.3 is 0 Å². The monoisotopic (exact) mass is 242 g/mol. The Labute approximate surface area is 105 Å². The molecule has 3 rings (SSSR count). The predicted molar refractivity (Wildman–Crippen MR) is 67.1 cm³/mol. The lowest BCUT2D eigenvalue weighted by molar-refractivity contribution is 0.315. The van der Waals surface area contributed by atoms with Crippen LogP contribution in [0.4, 0.5) is 0 Å². The molecule has 1 aromatic heterocycles. The van der Waals surface area contributed by atoms with Gasteiger partial charge in [-0.2, -0.15) is 0 Å². The Morgan fingerprint density at radius 1 is 1.28 bits per heavy atom. The van der Waals surface area contributed by atoms with E-state index in [9.17, 15) is 0 Å². The van der Waals surface area contributed by atoms with Crippen LogP contribution in [0.15, 0.2) is 40.0 Å². The van der Waals surface area contributed by atoms with Gasteiger partial charge in [-0.25, -0.2) is 0 Å². The van der Waals surface area contributed by atoms with Gasteiger partial charge in [0.15, 0.2) is 0 Å². The Morgan fingerprint density at radius 3 is 2.78 bits per heavy atom. The molecule has 2 aromatic rings. The number of fused-ring (bicyclic) bond motifs is 1. The molecule has 0 aliphatic heterocycles. The average molecular weight is 242 g/mol. The molecule has 92 valence electrons. The van der Waals surface area contributed by atoms with Crippen LogP contribution in [0.5, 0.6) is 0 Å². The number of aromatic nitrogens is 1. The van der Waals surface area contributed by atoms with E-state index in [1.54, 1.807) is 0 Å². The summed E-state index contributed by atoms with van der Waals surface area (Å²) in [5, 5.41) is 16.5. The van der Waals surface area contributed by atoms with Gasteiger partial charge in [-0.3, -0.25) is 0 Å². The Balaban J connectivity index is 2.01. The van der Waals surface area contributed by atoms with Gasteiger partial charge in [-0.1, -0.05) is 40.6 Å². The van der Waals surface area contributed by atoms with E-state index < -0.39 is 0 Å². The van der Waals surface area contributed by atoms with E-state index in [1.165, 1.54) is 5.56 Å². The van der Waals surface area contributed by atoms with Crippen molar-refractivity contribution >= 4 is 5.71 Å². The van der Waals surface area contributed by atoms with Crippen LogP contribution in [0, 0.1) is 6.92 Å². The van der Waals surface area contributed by atoms with Gasteiger partial charge in [0.25, 0.3) is 0 Å². The maximum Gasteiger partial charge on any atom is 0.146 e. The Morgan fingerprint density at radius 2 is 2.06 bits per heavy atom. The summed E-state index contributed by atoms with van der Waals surface area (Å²) < 4.78 is 5.33. The molecule has 0 spiro atoms. The number of hydrogen-bond acceptors (Lipinski definition) is 4. The van der Waals surface area contributed by atoms with Crippen molar-refractivity contribution in [1.82, 2.24) is 5.16 Å². The molecule has 1 aliphatic carbocycles. The van der Waals surface area contributed by atoms with Crippen molar-refractivity contribution < 1.29 is 9.73 Å². The summed E-state index contributed by atoms with van der Waals surface area (Å²) in [4.78, 5) is 0. The third kappa shape index (κ3) is 1.70. The number of hydrogen-bond donors (Lipinski definition) is 1. The highest BCUT2D eigenvalue weighted by Gasteiger charge is 2.30. The zero-order chi connectivity index (χ0) is 12.5. The number of oxime groups is 1. The molecule has 0 amide bonds. The molecule has 1 aliphatic rings. The summed E-state index contributed by atoms with van der Waals surface area (Å²) in [7, 11) is 0. The predicted octanol–water partition coefficient (Wildman–Crippen LogP) is 2.89. The molecular formula is C14H14N2O2. The largest absolute Gasteiger partial charge is 0.411 e. The van der Waals surface area contributed by atoms with Crippen LogP contribution in [0.25, 0.3) is 0 Å². The molecule has 4 nitrogen and oxygen atoms in total. The molecule has 1 aromatic carbocycles. The third-order valence-electron chi connectivity index (χ3n) is 3.49. The van der Waals surface area contributed by atoms with Crippen molar-refractivity contribution in [2.45, 2.75) is 25.7 Å². The van der Waals surface area contributed by atoms with Crippen molar-refractivity contribution in [3.8, 4) is 0 Å². The van der Waals surface area contributed by atoms with E-state index in [0.717, 1.165) is 29.9 Å². The molecule has 1 heterocycles. The van der Waals surface area contributed by atoms with Crippen molar-refractivity contribution in [3.05, 3.63) is 52.9 Å². The first-order valence-electron chi connectivity index (χ1n) is 6.01. The quantitative estimate of drug-likeness (QED) is 0.618. The molecule has 1 N–H and O–H groups in total. The van der Waals surface area contributed by atoms with Gasteiger partial charge in [0.1, 0.15) is 5.76 Å². The SMILES string of the molecule is Cc1noc2c1/C(=N/O)CC(c1ccccc1)C2. The number of benzene rings is 1. The lowest BCUT2D eigenvalue weighted by atomic mass is 9.82. The van der Waals surface area contributed by atoms with Gasteiger partial charge in [0, 0.05) is 12.8 Å². The topological polar surface area (TPSA) is 58.6 Å². The average Bonchev–Trinajstić information content (AvgIpc) is 2.81. The summed E-state index contributed by atoms with van der Waals surface area (Å²) in [6.07, 6.45) is 1.52. The van der Waals surface area contributed by atoms with E-state index >= 15 is 0 Å². The fourth-order valence-corrected chi connectivity index (χ4v) is 2.61. The smallest absolute Gasteiger partial charge is 0.146 e. The standard InChI is InChI=1S/C14H14N2O2/c1-9-14-12(15-17)7-11(8-13(14)18-16-9)10-5-3-2-4-6-10/h2-6,11,17H,7-8H2,1H3/b15-12+. The third-order valence-corrected chi connectivity index (χ3v) is 3.49. The number of aryl methyl sites for hydroxylation is 1. The van der Waals surface area contributed by atoms with Crippen LogP contribution >= 0.6 is 0 Å². The van der Waals surface area contributed by atoms with E-state index in [1.807, 2.05) is 25.1 Å². The fourth-order valence-electron chi connectivity index (χ4n) is 2.61. The molecule has 0 bridgehead atoms. The van der Waals surface area contributed by atoms with E-state index in [-0.39, 0.29) is 5.92 Å². The zero-order valence-electron chi connectivity index (χ0n) is 10.1. The summed E-state index contributed by atoms with van der Waals surface area (Å²) in [6, 6.07) is 10.2. The van der Waals surface area contributed by atoms with Gasteiger partial charge in [0.2, 0.25) is 0 Å². The Kier molecular flexibility index (Phi) is 2.63. The lowest BCUT2D eigenvalue weighted by Gasteiger charge is -2.21. The second-order valence-electron chi connectivity index (χ2n) is 4.63. The minimum Gasteiger partial charge on any atom is -0.411 e. The maximum atomic E-state index is 9.16. The summed E-state index contributed by atoms with van der Waals surface area (Å²) in [6.45, 7) is 1.87. The van der Waals surface area contributed by atoms with Crippen LogP contribution in [0.2, 0.25) is 0 Å². The van der Waals surface area contributed by atoms with Gasteiger partial charge in [-0.15, -0.1) is 0 Å². The molecular weight excluding hydrogens is 228 g/mol. The molecule has 0 fully saturated rings. The molecule has 4 heteroatoms. The molecule has 0 saturated carbocycles. The minimum absolute atomic E-state index is 0.289. The van der Waals surface area contributed by atoms with Crippen LogP contribution in [0.3, 0.4) is 0 Å². The first-order chi connectivity index (χ1) is 8.79. The minimum atomic E-state index is 0.289. The van der Waals surface area contributed by atoms with Gasteiger partial charge in [-0.05, 0) is 18.4 Å². The van der Waals surface area contributed by atoms with Gasteiger partial charge < -0.3 is 9.73 Å². The molecule has 18 heavy (non-hydrogen) atoms. The van der Waals surface area contributed by atoms with Crippen LogP contribution in [-0.4, -0.2) is 16.1 Å². The second kappa shape index (κ2) is 4.29. The zero-order valence-corrected chi connectivity index (χ0v) is 10.1. The van der Waals surface area contributed by atoms with Gasteiger partial charge in [0.05, 0.1) is 17.0 Å². The highest BCUT2D eigenvalue weighted by Crippen LogP contribution is 2.34. The molecule has 0 radical (unpaired) electrons.